The van der Waals surface area contributed by atoms with E-state index in [9.17, 15) is 0 Å². The lowest BCUT2D eigenvalue weighted by Gasteiger charge is -1.94. The van der Waals surface area contributed by atoms with Gasteiger partial charge >= 0.3 is 0 Å². The second kappa shape index (κ2) is 4.04. The Morgan fingerprint density at radius 3 is 2.62 bits per heavy atom. The maximum Gasteiger partial charge on any atom is 0.0698 e. The quantitative estimate of drug-likeness (QED) is 0.629. The van der Waals surface area contributed by atoms with Gasteiger partial charge in [-0.2, -0.15) is 0 Å². The first-order valence-electron chi connectivity index (χ1n) is 4.37. The summed E-state index contributed by atoms with van der Waals surface area (Å²) in [6.45, 7) is 10.2. The topological polar surface area (TPSA) is 12.9 Å². The van der Waals surface area contributed by atoms with E-state index in [-0.39, 0.29) is 0 Å². The molecule has 0 aromatic carbocycles. The summed E-state index contributed by atoms with van der Waals surface area (Å²) in [5.74, 6) is 0. The molecule has 68 valence electrons. The van der Waals surface area contributed by atoms with Crippen LogP contribution in [0.2, 0.25) is 0 Å². The lowest BCUT2D eigenvalue weighted by Crippen LogP contribution is -2.25. The average molecular weight is 173 g/mol. The average Bonchev–Trinajstić information content (AvgIpc) is 2.08. The smallest absolute Gasteiger partial charge is 0.0698 e. The zero-order valence-electron chi connectivity index (χ0n) is 8.46. The fraction of sp³-hybridized carbons (Fsp3) is 0.250. The van der Waals surface area contributed by atoms with Crippen LogP contribution in [0.1, 0.15) is 20.8 Å². The molecule has 1 aromatic rings. The summed E-state index contributed by atoms with van der Waals surface area (Å²) in [4.78, 5) is 4.25. The molecule has 0 aliphatic heterocycles. The SMILES string of the molecule is C=c1cccn/c1=C/C(C)=C(C)C. The molecule has 1 heterocycles. The van der Waals surface area contributed by atoms with Crippen LogP contribution in [0, 0.1) is 0 Å². The van der Waals surface area contributed by atoms with Crippen LogP contribution < -0.4 is 10.6 Å². The summed E-state index contributed by atoms with van der Waals surface area (Å²) >= 11 is 0. The maximum atomic E-state index is 4.25. The summed E-state index contributed by atoms with van der Waals surface area (Å²) in [7, 11) is 0. The van der Waals surface area contributed by atoms with E-state index < -0.39 is 0 Å². The largest absolute Gasteiger partial charge is 0.256 e. The highest BCUT2D eigenvalue weighted by Crippen LogP contribution is 2.01. The molecule has 0 amide bonds. The van der Waals surface area contributed by atoms with Crippen LogP contribution in [0.5, 0.6) is 0 Å². The van der Waals surface area contributed by atoms with Crippen molar-refractivity contribution >= 4 is 12.7 Å². The van der Waals surface area contributed by atoms with Gasteiger partial charge in [-0.1, -0.05) is 23.8 Å². The first-order valence-corrected chi connectivity index (χ1v) is 4.37. The first kappa shape index (κ1) is 9.72. The number of hydrogen-bond donors (Lipinski definition) is 0. The van der Waals surface area contributed by atoms with Gasteiger partial charge in [0.2, 0.25) is 0 Å². The molecule has 0 saturated carbocycles. The van der Waals surface area contributed by atoms with Crippen LogP contribution in [0.15, 0.2) is 29.5 Å². The first-order chi connectivity index (χ1) is 6.11. The van der Waals surface area contributed by atoms with E-state index in [4.69, 9.17) is 0 Å². The van der Waals surface area contributed by atoms with Crippen molar-refractivity contribution in [2.24, 2.45) is 0 Å². The molecule has 1 nitrogen and oxygen atoms in total. The van der Waals surface area contributed by atoms with Gasteiger partial charge in [-0.05, 0) is 38.1 Å². The Balaban J connectivity index is 3.32. The van der Waals surface area contributed by atoms with Crippen LogP contribution in [-0.2, 0) is 0 Å². The molecule has 0 atom stereocenters. The number of aromatic nitrogens is 1. The Morgan fingerprint density at radius 2 is 2.08 bits per heavy atom. The van der Waals surface area contributed by atoms with Crippen molar-refractivity contribution in [1.82, 2.24) is 4.98 Å². The van der Waals surface area contributed by atoms with E-state index in [1.807, 2.05) is 12.1 Å². The zero-order valence-corrected chi connectivity index (χ0v) is 8.46. The van der Waals surface area contributed by atoms with Gasteiger partial charge < -0.3 is 0 Å². The van der Waals surface area contributed by atoms with Gasteiger partial charge in [-0.15, -0.1) is 0 Å². The van der Waals surface area contributed by atoms with Gasteiger partial charge in [0.25, 0.3) is 0 Å². The third-order valence-electron chi connectivity index (χ3n) is 2.07. The Kier molecular flexibility index (Phi) is 3.02. The normalized spacial score (nSPS) is 11.5. The number of hydrogen-bond acceptors (Lipinski definition) is 1. The van der Waals surface area contributed by atoms with Gasteiger partial charge in [-0.3, -0.25) is 4.98 Å². The molecule has 0 spiro atoms. The predicted octanol–water partition coefficient (Wildman–Crippen LogP) is 1.63. The molecule has 1 rings (SSSR count). The summed E-state index contributed by atoms with van der Waals surface area (Å²) < 4.78 is 0. The second-order valence-electron chi connectivity index (χ2n) is 3.38. The van der Waals surface area contributed by atoms with Crippen molar-refractivity contribution in [2.45, 2.75) is 20.8 Å². The Hall–Kier alpha value is -1.37. The minimum atomic E-state index is 0.959. The maximum absolute atomic E-state index is 4.25. The zero-order chi connectivity index (χ0) is 9.84. The number of nitrogens with zero attached hydrogens (tertiary/aromatic N) is 1. The Bertz CT molecular complexity index is 423. The fourth-order valence-electron chi connectivity index (χ4n) is 0.930. The van der Waals surface area contributed by atoms with E-state index in [2.05, 4.69) is 38.4 Å². The van der Waals surface area contributed by atoms with Gasteiger partial charge in [0, 0.05) is 6.20 Å². The summed E-state index contributed by atoms with van der Waals surface area (Å²) in [6, 6.07) is 3.87. The third-order valence-corrected chi connectivity index (χ3v) is 2.07. The lowest BCUT2D eigenvalue weighted by molar-refractivity contribution is 1.21. The molecule has 0 N–H and O–H groups in total. The highest BCUT2D eigenvalue weighted by Gasteiger charge is 1.87. The van der Waals surface area contributed by atoms with Gasteiger partial charge in [0.1, 0.15) is 0 Å². The minimum Gasteiger partial charge on any atom is -0.256 e. The Labute approximate surface area is 79.1 Å². The number of pyridine rings is 1. The van der Waals surface area contributed by atoms with Crippen molar-refractivity contribution in [2.75, 3.05) is 0 Å². The van der Waals surface area contributed by atoms with Crippen LogP contribution in [0.25, 0.3) is 12.7 Å². The van der Waals surface area contributed by atoms with E-state index in [1.165, 1.54) is 11.1 Å². The lowest BCUT2D eigenvalue weighted by atomic mass is 10.1. The van der Waals surface area contributed by atoms with Crippen LogP contribution in [0.3, 0.4) is 0 Å². The molecule has 1 heteroatoms. The molecule has 0 fully saturated rings. The molecule has 0 bridgehead atoms. The molecule has 0 radical (unpaired) electrons. The molecular formula is C12H15N. The second-order valence-corrected chi connectivity index (χ2v) is 3.38. The fourth-order valence-corrected chi connectivity index (χ4v) is 0.930. The van der Waals surface area contributed by atoms with Crippen LogP contribution in [0.4, 0.5) is 0 Å². The van der Waals surface area contributed by atoms with E-state index in [0.29, 0.717) is 0 Å². The van der Waals surface area contributed by atoms with Crippen molar-refractivity contribution in [3.8, 4) is 0 Å². The summed E-state index contributed by atoms with van der Waals surface area (Å²) in [6.07, 6.45) is 3.86. The van der Waals surface area contributed by atoms with E-state index in [1.54, 1.807) is 6.20 Å². The van der Waals surface area contributed by atoms with Gasteiger partial charge in [0.15, 0.2) is 0 Å². The van der Waals surface area contributed by atoms with E-state index in [0.717, 1.165) is 10.6 Å². The molecule has 1 aromatic heterocycles. The molecule has 0 aliphatic carbocycles. The third kappa shape index (κ3) is 2.55. The molecule has 0 saturated heterocycles. The van der Waals surface area contributed by atoms with Crippen molar-refractivity contribution in [3.05, 3.63) is 40.0 Å². The number of allylic oxidation sites excluding steroid dienone is 2. The molecule has 13 heavy (non-hydrogen) atoms. The summed E-state index contributed by atoms with van der Waals surface area (Å²) in [5.41, 5.74) is 2.56. The Morgan fingerprint density at radius 1 is 1.38 bits per heavy atom. The van der Waals surface area contributed by atoms with Crippen molar-refractivity contribution in [3.63, 3.8) is 0 Å². The van der Waals surface area contributed by atoms with Crippen LogP contribution in [-0.4, -0.2) is 4.98 Å². The summed E-state index contributed by atoms with van der Waals surface area (Å²) in [5, 5.41) is 1.93. The standard InChI is InChI=1S/C12H15N/c1-9(2)11(4)8-12-10(3)6-5-7-13-12/h5-8H,3H2,1-2,4H3/b12-8+. The molecule has 0 aliphatic rings. The van der Waals surface area contributed by atoms with Crippen LogP contribution >= 0.6 is 0 Å². The molecule has 0 unspecified atom stereocenters. The van der Waals surface area contributed by atoms with Crippen molar-refractivity contribution in [1.29, 1.82) is 0 Å². The monoisotopic (exact) mass is 173 g/mol. The minimum absolute atomic E-state index is 0.959. The van der Waals surface area contributed by atoms with Crippen molar-refractivity contribution < 1.29 is 0 Å². The number of rotatable bonds is 1. The molecular weight excluding hydrogens is 158 g/mol. The highest BCUT2D eigenvalue weighted by atomic mass is 14.6. The highest BCUT2D eigenvalue weighted by molar-refractivity contribution is 5.45. The predicted molar refractivity (Wildman–Crippen MR) is 57.5 cm³/mol. The van der Waals surface area contributed by atoms with Gasteiger partial charge in [0.05, 0.1) is 5.35 Å². The van der Waals surface area contributed by atoms with Gasteiger partial charge in [-0.25, -0.2) is 0 Å². The van der Waals surface area contributed by atoms with E-state index >= 15 is 0 Å².